The van der Waals surface area contributed by atoms with Crippen molar-refractivity contribution in [1.82, 2.24) is 4.72 Å². The molecule has 2 aromatic carbocycles. The number of benzene rings is 2. The smallest absolute Gasteiger partial charge is 0.240 e. The Balaban J connectivity index is 1.35. The van der Waals surface area contributed by atoms with Gasteiger partial charge in [-0.25, -0.2) is 13.1 Å². The first-order chi connectivity index (χ1) is 14.5. The van der Waals surface area contributed by atoms with Gasteiger partial charge in [0.1, 0.15) is 19.0 Å². The first-order valence-electron chi connectivity index (χ1n) is 9.30. The summed E-state index contributed by atoms with van der Waals surface area (Å²) >= 11 is 0. The van der Waals surface area contributed by atoms with Crippen molar-refractivity contribution in [2.45, 2.75) is 17.9 Å². The molecule has 0 fully saturated rings. The minimum absolute atomic E-state index is 0.0589. The van der Waals surface area contributed by atoms with E-state index in [4.69, 9.17) is 13.9 Å². The van der Waals surface area contributed by atoms with Gasteiger partial charge in [-0.3, -0.25) is 4.79 Å². The summed E-state index contributed by atoms with van der Waals surface area (Å²) in [7, 11) is -3.69. The van der Waals surface area contributed by atoms with Crippen molar-refractivity contribution in [3.8, 4) is 11.5 Å². The quantitative estimate of drug-likeness (QED) is 0.599. The minimum atomic E-state index is -3.69. The maximum absolute atomic E-state index is 12.4. The molecule has 0 bridgehead atoms. The van der Waals surface area contributed by atoms with Crippen molar-refractivity contribution in [2.75, 3.05) is 18.5 Å². The number of hydrogen-bond acceptors (Lipinski definition) is 6. The number of amides is 1. The van der Waals surface area contributed by atoms with Gasteiger partial charge < -0.3 is 19.2 Å². The Hall–Kier alpha value is -3.30. The highest BCUT2D eigenvalue weighted by atomic mass is 32.2. The highest BCUT2D eigenvalue weighted by Gasteiger charge is 2.16. The van der Waals surface area contributed by atoms with Gasteiger partial charge in [-0.2, -0.15) is 0 Å². The van der Waals surface area contributed by atoms with Crippen LogP contribution in [0.2, 0.25) is 0 Å². The highest BCUT2D eigenvalue weighted by molar-refractivity contribution is 7.89. The molecule has 2 N–H and O–H groups in total. The number of fused-ring (bicyclic) bond motifs is 1. The van der Waals surface area contributed by atoms with Crippen LogP contribution in [-0.4, -0.2) is 27.5 Å². The molecular formula is C21H20N2O6S. The standard InChI is InChI=1S/C21H20N2O6S/c24-21(13-15-3-8-19-20(12-15)29-11-10-28-19)23-16-4-6-18(7-5-16)30(25,26)22-14-17-2-1-9-27-17/h1-9,12,22H,10-11,13-14H2,(H,23,24). The maximum Gasteiger partial charge on any atom is 0.240 e. The molecule has 0 aliphatic carbocycles. The Morgan fingerprint density at radius 2 is 1.73 bits per heavy atom. The summed E-state index contributed by atoms with van der Waals surface area (Å²) in [6.45, 7) is 1.05. The van der Waals surface area contributed by atoms with E-state index < -0.39 is 10.0 Å². The Morgan fingerprint density at radius 1 is 0.967 bits per heavy atom. The van der Waals surface area contributed by atoms with Crippen LogP contribution in [0.3, 0.4) is 0 Å². The van der Waals surface area contributed by atoms with Crippen molar-refractivity contribution in [3.05, 3.63) is 72.2 Å². The lowest BCUT2D eigenvalue weighted by molar-refractivity contribution is -0.115. The Labute approximate surface area is 173 Å². The molecule has 8 nitrogen and oxygen atoms in total. The van der Waals surface area contributed by atoms with Gasteiger partial charge in [0.25, 0.3) is 0 Å². The second-order valence-corrected chi connectivity index (χ2v) is 8.40. The van der Waals surface area contributed by atoms with E-state index in [1.807, 2.05) is 6.07 Å². The van der Waals surface area contributed by atoms with Crippen molar-refractivity contribution in [3.63, 3.8) is 0 Å². The van der Waals surface area contributed by atoms with Crippen LogP contribution in [-0.2, 0) is 27.8 Å². The summed E-state index contributed by atoms with van der Waals surface area (Å²) in [5, 5.41) is 2.76. The zero-order chi connectivity index (χ0) is 21.0. The highest BCUT2D eigenvalue weighted by Crippen LogP contribution is 2.31. The van der Waals surface area contributed by atoms with Crippen LogP contribution in [0.5, 0.6) is 11.5 Å². The van der Waals surface area contributed by atoms with Gasteiger partial charge >= 0.3 is 0 Å². The van der Waals surface area contributed by atoms with E-state index in [-0.39, 0.29) is 23.8 Å². The molecule has 0 atom stereocenters. The summed E-state index contributed by atoms with van der Waals surface area (Å²) in [6.07, 6.45) is 1.63. The van der Waals surface area contributed by atoms with Gasteiger partial charge in [0.05, 0.1) is 24.1 Å². The van der Waals surface area contributed by atoms with Crippen LogP contribution in [0.25, 0.3) is 0 Å². The molecule has 1 aliphatic rings. The largest absolute Gasteiger partial charge is 0.486 e. The second-order valence-electron chi connectivity index (χ2n) is 6.63. The fourth-order valence-electron chi connectivity index (χ4n) is 2.97. The lowest BCUT2D eigenvalue weighted by atomic mass is 10.1. The number of sulfonamides is 1. The average molecular weight is 428 g/mol. The summed E-state index contributed by atoms with van der Waals surface area (Å²) in [4.78, 5) is 12.4. The molecule has 3 aromatic rings. The van der Waals surface area contributed by atoms with Crippen molar-refractivity contribution in [2.24, 2.45) is 0 Å². The summed E-state index contributed by atoms with van der Waals surface area (Å²) in [6, 6.07) is 14.7. The maximum atomic E-state index is 12.4. The monoisotopic (exact) mass is 428 g/mol. The number of hydrogen-bond donors (Lipinski definition) is 2. The van der Waals surface area contributed by atoms with E-state index in [9.17, 15) is 13.2 Å². The summed E-state index contributed by atoms with van der Waals surface area (Å²) < 4.78 is 43.3. The Kier molecular flexibility index (Phi) is 5.73. The van der Waals surface area contributed by atoms with Crippen LogP contribution < -0.4 is 19.5 Å². The predicted molar refractivity (Wildman–Crippen MR) is 109 cm³/mol. The van der Waals surface area contributed by atoms with Crippen LogP contribution in [0.15, 0.2) is 70.2 Å². The number of carbonyl (C=O) groups excluding carboxylic acids is 1. The van der Waals surface area contributed by atoms with Crippen molar-refractivity contribution in [1.29, 1.82) is 0 Å². The number of furan rings is 1. The van der Waals surface area contributed by atoms with E-state index in [1.165, 1.54) is 18.4 Å². The second kappa shape index (κ2) is 8.60. The Morgan fingerprint density at radius 3 is 2.47 bits per heavy atom. The van der Waals surface area contributed by atoms with Gasteiger partial charge in [0.15, 0.2) is 11.5 Å². The minimum Gasteiger partial charge on any atom is -0.486 e. The lowest BCUT2D eigenvalue weighted by Crippen LogP contribution is -2.23. The zero-order valence-corrected chi connectivity index (χ0v) is 16.8. The van der Waals surface area contributed by atoms with Crippen LogP contribution in [0.1, 0.15) is 11.3 Å². The number of nitrogens with one attached hydrogen (secondary N) is 2. The van der Waals surface area contributed by atoms with E-state index in [0.717, 1.165) is 5.56 Å². The molecule has 156 valence electrons. The molecule has 0 saturated carbocycles. The van der Waals surface area contributed by atoms with E-state index in [1.54, 1.807) is 36.4 Å². The topological polar surface area (TPSA) is 107 Å². The lowest BCUT2D eigenvalue weighted by Gasteiger charge is -2.18. The van der Waals surface area contributed by atoms with E-state index in [0.29, 0.717) is 36.2 Å². The molecular weight excluding hydrogens is 408 g/mol. The molecule has 0 spiro atoms. The van der Waals surface area contributed by atoms with E-state index >= 15 is 0 Å². The molecule has 1 aliphatic heterocycles. The molecule has 4 rings (SSSR count). The fraction of sp³-hybridized carbons (Fsp3) is 0.190. The van der Waals surface area contributed by atoms with Gasteiger partial charge in [0.2, 0.25) is 15.9 Å². The van der Waals surface area contributed by atoms with Crippen molar-refractivity contribution >= 4 is 21.6 Å². The molecule has 2 heterocycles. The van der Waals surface area contributed by atoms with Crippen LogP contribution >= 0.6 is 0 Å². The average Bonchev–Trinajstić information content (AvgIpc) is 3.26. The van der Waals surface area contributed by atoms with Gasteiger partial charge in [-0.1, -0.05) is 6.07 Å². The summed E-state index contributed by atoms with van der Waals surface area (Å²) in [5.74, 6) is 1.59. The van der Waals surface area contributed by atoms with Gasteiger partial charge in [-0.15, -0.1) is 0 Å². The third-order valence-corrected chi connectivity index (χ3v) is 5.85. The molecule has 9 heteroatoms. The molecule has 1 amide bonds. The number of carbonyl (C=O) groups is 1. The van der Waals surface area contributed by atoms with Crippen molar-refractivity contribution < 1.29 is 27.1 Å². The zero-order valence-electron chi connectivity index (χ0n) is 16.0. The number of anilines is 1. The third kappa shape index (κ3) is 4.81. The fourth-order valence-corrected chi connectivity index (χ4v) is 3.96. The first kappa shape index (κ1) is 20.0. The van der Waals surface area contributed by atoms with Gasteiger partial charge in [-0.05, 0) is 54.1 Å². The van der Waals surface area contributed by atoms with Crippen LogP contribution in [0.4, 0.5) is 5.69 Å². The van der Waals surface area contributed by atoms with Gasteiger partial charge in [0, 0.05) is 5.69 Å². The SMILES string of the molecule is O=C(Cc1ccc2c(c1)OCCO2)Nc1ccc(S(=O)(=O)NCc2ccco2)cc1. The molecule has 1 aromatic heterocycles. The third-order valence-electron chi connectivity index (χ3n) is 4.44. The molecule has 0 radical (unpaired) electrons. The predicted octanol–water partition coefficient (Wildman–Crippen LogP) is 2.71. The number of rotatable bonds is 7. The Bertz CT molecular complexity index is 1120. The normalized spacial score (nSPS) is 13.1. The number of ether oxygens (including phenoxy) is 2. The van der Waals surface area contributed by atoms with E-state index in [2.05, 4.69) is 10.0 Å². The molecule has 0 unspecified atom stereocenters. The first-order valence-corrected chi connectivity index (χ1v) is 10.8. The van der Waals surface area contributed by atoms with Crippen LogP contribution in [0, 0.1) is 0 Å². The molecule has 30 heavy (non-hydrogen) atoms. The molecule has 0 saturated heterocycles. The summed E-state index contributed by atoms with van der Waals surface area (Å²) in [5.41, 5.74) is 1.29.